The van der Waals surface area contributed by atoms with E-state index in [0.29, 0.717) is 0 Å². The van der Waals surface area contributed by atoms with Crippen molar-refractivity contribution in [2.45, 2.75) is 12.8 Å². The molecule has 0 radical (unpaired) electrons. The first-order valence-electron chi connectivity index (χ1n) is 4.54. The zero-order chi connectivity index (χ0) is 9.26. The van der Waals surface area contributed by atoms with Crippen molar-refractivity contribution in [1.82, 2.24) is 0 Å². The van der Waals surface area contributed by atoms with Crippen LogP contribution in [0.4, 0.5) is 0 Å². The summed E-state index contributed by atoms with van der Waals surface area (Å²) >= 11 is -0.472. The van der Waals surface area contributed by atoms with Crippen LogP contribution in [0, 0.1) is 23.7 Å². The fourth-order valence-corrected chi connectivity index (χ4v) is 2.97. The van der Waals surface area contributed by atoms with Crippen LogP contribution in [0.15, 0.2) is 24.3 Å². The Kier molecular flexibility index (Phi) is 3.57. The molecule has 76 valence electrons. The second kappa shape index (κ2) is 4.51. The van der Waals surface area contributed by atoms with Gasteiger partial charge in [0.05, 0.1) is 0 Å². The van der Waals surface area contributed by atoms with Crippen LogP contribution in [-0.4, -0.2) is 0 Å². The normalized spacial score (nSPS) is 43.5. The van der Waals surface area contributed by atoms with Gasteiger partial charge in [-0.2, -0.15) is 0 Å². The average molecular weight is 398 g/mol. The molecule has 0 spiro atoms. The molecule has 3 aliphatic rings. The van der Waals surface area contributed by atoms with Gasteiger partial charge in [-0.25, -0.2) is 0 Å². The topological polar surface area (TPSA) is 0 Å². The van der Waals surface area contributed by atoms with Gasteiger partial charge in [-0.05, 0) is 36.5 Å². The van der Waals surface area contributed by atoms with Crippen LogP contribution in [0.25, 0.3) is 0 Å². The van der Waals surface area contributed by atoms with Crippen LogP contribution < -0.4 is 0 Å². The van der Waals surface area contributed by atoms with E-state index in [2.05, 4.69) is 24.3 Å². The summed E-state index contributed by atoms with van der Waals surface area (Å²) in [7, 11) is 9.75. The third kappa shape index (κ3) is 1.91. The first-order valence-corrected chi connectivity index (χ1v) is 10.2. The SMILES string of the molecule is C1=CC2C(C1)[C@@H]1C=C[C@H]2C1.[Cl][Pt][Cl]. The summed E-state index contributed by atoms with van der Waals surface area (Å²) in [5, 5.41) is 0. The molecule has 0 heterocycles. The van der Waals surface area contributed by atoms with E-state index in [4.69, 9.17) is 18.8 Å². The van der Waals surface area contributed by atoms with E-state index in [0.717, 1.165) is 23.7 Å². The van der Waals surface area contributed by atoms with Crippen molar-refractivity contribution in [3.63, 3.8) is 0 Å². The molecule has 0 amide bonds. The first kappa shape index (κ1) is 10.3. The molecule has 4 atom stereocenters. The molecule has 0 aromatic rings. The molecule has 1 fully saturated rings. The zero-order valence-corrected chi connectivity index (χ0v) is 10.9. The number of halogens is 2. The Labute approximate surface area is 95.8 Å². The minimum atomic E-state index is -0.472. The van der Waals surface area contributed by atoms with Gasteiger partial charge >= 0.3 is 35.3 Å². The van der Waals surface area contributed by atoms with E-state index in [1.54, 1.807) is 0 Å². The quantitative estimate of drug-likeness (QED) is 0.546. The fourth-order valence-electron chi connectivity index (χ4n) is 2.97. The van der Waals surface area contributed by atoms with Gasteiger partial charge in [-0.15, -0.1) is 0 Å². The second-order valence-corrected chi connectivity index (χ2v) is 7.18. The van der Waals surface area contributed by atoms with Crippen molar-refractivity contribution in [3.05, 3.63) is 24.3 Å². The molecule has 0 saturated heterocycles. The molecule has 2 bridgehead atoms. The van der Waals surface area contributed by atoms with E-state index >= 15 is 0 Å². The van der Waals surface area contributed by atoms with Crippen molar-refractivity contribution in [2.75, 3.05) is 0 Å². The van der Waals surface area contributed by atoms with Crippen molar-refractivity contribution in [2.24, 2.45) is 23.7 Å². The summed E-state index contributed by atoms with van der Waals surface area (Å²) in [6, 6.07) is 0. The van der Waals surface area contributed by atoms with E-state index in [9.17, 15) is 0 Å². The number of fused-ring (bicyclic) bond motifs is 5. The van der Waals surface area contributed by atoms with Gasteiger partial charge in [0.1, 0.15) is 0 Å². The molecular formula is C10H12Cl2Pt. The van der Waals surface area contributed by atoms with Crippen LogP contribution in [0.3, 0.4) is 0 Å². The van der Waals surface area contributed by atoms with Gasteiger partial charge in [0.25, 0.3) is 0 Å². The van der Waals surface area contributed by atoms with Crippen molar-refractivity contribution < 1.29 is 16.5 Å². The van der Waals surface area contributed by atoms with Crippen LogP contribution in [-0.2, 0) is 16.5 Å². The van der Waals surface area contributed by atoms with Crippen LogP contribution in [0.2, 0.25) is 0 Å². The second-order valence-electron chi connectivity index (χ2n) is 3.90. The van der Waals surface area contributed by atoms with Gasteiger partial charge in [0.15, 0.2) is 0 Å². The van der Waals surface area contributed by atoms with Gasteiger partial charge in [-0.3, -0.25) is 0 Å². The summed E-state index contributed by atoms with van der Waals surface area (Å²) in [4.78, 5) is 0. The molecule has 3 aliphatic carbocycles. The maximum absolute atomic E-state index is 4.88. The van der Waals surface area contributed by atoms with Crippen molar-refractivity contribution >= 4 is 18.8 Å². The Morgan fingerprint density at radius 3 is 2.46 bits per heavy atom. The molecule has 0 aromatic carbocycles. The number of rotatable bonds is 0. The molecule has 0 N–H and O–H groups in total. The third-order valence-electron chi connectivity index (χ3n) is 3.46. The van der Waals surface area contributed by atoms with Crippen LogP contribution in [0.5, 0.6) is 0 Å². The van der Waals surface area contributed by atoms with Crippen molar-refractivity contribution in [1.29, 1.82) is 0 Å². The fraction of sp³-hybridized carbons (Fsp3) is 0.600. The van der Waals surface area contributed by atoms with E-state index < -0.39 is 16.5 Å². The summed E-state index contributed by atoms with van der Waals surface area (Å²) in [5.74, 6) is 3.82. The zero-order valence-electron chi connectivity index (χ0n) is 7.11. The molecule has 0 aliphatic heterocycles. The molecule has 0 nitrogen and oxygen atoms in total. The monoisotopic (exact) mass is 397 g/mol. The van der Waals surface area contributed by atoms with E-state index in [1.807, 2.05) is 0 Å². The number of hydrogen-bond donors (Lipinski definition) is 0. The predicted molar refractivity (Wildman–Crippen MR) is 53.2 cm³/mol. The summed E-state index contributed by atoms with van der Waals surface area (Å²) < 4.78 is 0. The Morgan fingerprint density at radius 2 is 1.77 bits per heavy atom. The third-order valence-corrected chi connectivity index (χ3v) is 3.46. The predicted octanol–water partition coefficient (Wildman–Crippen LogP) is 3.76. The van der Waals surface area contributed by atoms with Crippen molar-refractivity contribution in [3.8, 4) is 0 Å². The Balaban J connectivity index is 0.000000196. The minimum absolute atomic E-state index is 0.472. The Bertz CT molecular complexity index is 237. The summed E-state index contributed by atoms with van der Waals surface area (Å²) in [6.07, 6.45) is 12.5. The molecule has 13 heavy (non-hydrogen) atoms. The summed E-state index contributed by atoms with van der Waals surface area (Å²) in [6.45, 7) is 0. The van der Waals surface area contributed by atoms with Crippen LogP contribution >= 0.6 is 18.8 Å². The number of hydrogen-bond acceptors (Lipinski definition) is 0. The van der Waals surface area contributed by atoms with Gasteiger partial charge in [0.2, 0.25) is 0 Å². The molecule has 2 unspecified atom stereocenters. The molecule has 3 heteroatoms. The van der Waals surface area contributed by atoms with Gasteiger partial charge < -0.3 is 0 Å². The first-order chi connectivity index (χ1) is 6.36. The van der Waals surface area contributed by atoms with Gasteiger partial charge in [-0.1, -0.05) is 24.3 Å². The molecule has 1 saturated carbocycles. The summed E-state index contributed by atoms with van der Waals surface area (Å²) in [5.41, 5.74) is 0. The number of allylic oxidation sites excluding steroid dienone is 4. The standard InChI is InChI=1S/C10H12.2ClH.Pt/c1-2-9-7-4-5-8(6-7)10(9)3-1;;;/h1-2,4-5,7-10H,3,6H2;2*1H;/q;;;+2/p-2/t7-,8+,9?,10?;;;/m0.../s1. The molecular weight excluding hydrogens is 386 g/mol. The average Bonchev–Trinajstić information content (AvgIpc) is 2.79. The van der Waals surface area contributed by atoms with E-state index in [1.165, 1.54) is 12.8 Å². The van der Waals surface area contributed by atoms with Gasteiger partial charge in [0, 0.05) is 0 Å². The Hall–Kier alpha value is 0.748. The van der Waals surface area contributed by atoms with E-state index in [-0.39, 0.29) is 0 Å². The van der Waals surface area contributed by atoms with Crippen LogP contribution in [0.1, 0.15) is 12.8 Å². The maximum atomic E-state index is 4.88. The Morgan fingerprint density at radius 1 is 1.08 bits per heavy atom. The molecule has 0 aromatic heterocycles. The molecule has 3 rings (SSSR count).